The van der Waals surface area contributed by atoms with E-state index in [1.807, 2.05) is 13.0 Å². The number of halogens is 1. The van der Waals surface area contributed by atoms with Crippen LogP contribution >= 0.6 is 11.6 Å². The molecular weight excluding hydrogens is 968 g/mol. The Kier molecular flexibility index (Phi) is 20.6. The maximum Gasteiger partial charge on any atom is 0.409 e. The van der Waals surface area contributed by atoms with Gasteiger partial charge in [-0.3, -0.25) is 29.3 Å². The van der Waals surface area contributed by atoms with Crippen molar-refractivity contribution in [2.45, 2.75) is 114 Å². The Bertz CT molecular complexity index is 2220. The number of aliphatic hydroxyl groups is 1. The molecule has 0 saturated carbocycles. The molecule has 2 fully saturated rings. The van der Waals surface area contributed by atoms with Gasteiger partial charge in [-0.05, 0) is 50.9 Å². The number of benzene rings is 1. The number of ether oxygens (including phenoxy) is 7. The number of nitrogens with one attached hydrogen (secondary N) is 4. The quantitative estimate of drug-likeness (QED) is 0.0606. The number of epoxide rings is 1. The molecule has 4 rings (SSSR count). The number of allylic oxidation sites excluding steroid dienone is 3. The van der Waals surface area contributed by atoms with Crippen LogP contribution in [0.2, 0.25) is 30.7 Å². The fraction of sp³-hybridized carbons (Fsp3) is 0.617. The van der Waals surface area contributed by atoms with Crippen molar-refractivity contribution >= 4 is 72.9 Å². The van der Waals surface area contributed by atoms with Gasteiger partial charge in [-0.15, -0.1) is 0 Å². The normalized spacial score (nSPS) is 26.1. The molecule has 0 spiro atoms. The molecule has 24 heteroatoms. The zero-order valence-electron chi connectivity index (χ0n) is 42.3. The number of carbonyl (C=O) groups is 8. The molecule has 394 valence electrons. The van der Waals surface area contributed by atoms with Gasteiger partial charge in [0.15, 0.2) is 5.72 Å². The molecule has 3 aliphatic heterocycles. The Hall–Kier alpha value is -5.59. The van der Waals surface area contributed by atoms with Gasteiger partial charge in [-0.25, -0.2) is 14.4 Å². The Morgan fingerprint density at radius 1 is 1.03 bits per heavy atom. The number of hydrogen-bond donors (Lipinski definition) is 5. The Labute approximate surface area is 419 Å². The van der Waals surface area contributed by atoms with Crippen molar-refractivity contribution in [3.63, 3.8) is 0 Å². The van der Waals surface area contributed by atoms with E-state index in [2.05, 4.69) is 40.9 Å². The largest absolute Gasteiger partial charge is 0.495 e. The zero-order chi connectivity index (χ0) is 53.0. The first-order chi connectivity index (χ1) is 33.2. The van der Waals surface area contributed by atoms with Crippen LogP contribution in [0.5, 0.6) is 5.75 Å². The molecule has 2 saturated heterocycles. The van der Waals surface area contributed by atoms with Gasteiger partial charge in [0.25, 0.3) is 0 Å². The van der Waals surface area contributed by atoms with Crippen LogP contribution in [0.1, 0.15) is 46.1 Å². The molecule has 3 aliphatic rings. The van der Waals surface area contributed by atoms with Crippen LogP contribution in [-0.4, -0.2) is 175 Å². The van der Waals surface area contributed by atoms with E-state index in [0.29, 0.717) is 17.9 Å². The van der Waals surface area contributed by atoms with Crippen LogP contribution < -0.4 is 30.9 Å². The molecule has 5 N–H and O–H groups in total. The summed E-state index contributed by atoms with van der Waals surface area (Å²) < 4.78 is 39.3. The highest BCUT2D eigenvalue weighted by atomic mass is 35.5. The van der Waals surface area contributed by atoms with Gasteiger partial charge in [-0.1, -0.05) is 62.0 Å². The van der Waals surface area contributed by atoms with Crippen molar-refractivity contribution in [3.8, 4) is 5.75 Å². The molecule has 0 radical (unpaired) electrons. The summed E-state index contributed by atoms with van der Waals surface area (Å²) in [7, 11) is 4.28. The number of alkyl carbamates (subject to hydrolysis) is 1. The maximum atomic E-state index is 14.3. The zero-order valence-corrected chi connectivity index (χ0v) is 44.0. The van der Waals surface area contributed by atoms with E-state index in [9.17, 15) is 43.5 Å². The molecule has 1 aromatic rings. The predicted molar refractivity (Wildman–Crippen MR) is 260 cm³/mol. The highest BCUT2D eigenvalue weighted by Crippen LogP contribution is 2.49. The van der Waals surface area contributed by atoms with Gasteiger partial charge in [0.05, 0.1) is 51.6 Å². The summed E-state index contributed by atoms with van der Waals surface area (Å²) in [6, 6.07) is 3.01. The second-order valence-corrected chi connectivity index (χ2v) is 25.3. The summed E-state index contributed by atoms with van der Waals surface area (Å²) in [5, 5.41) is 21.4. The van der Waals surface area contributed by atoms with Crippen LogP contribution in [0.25, 0.3) is 0 Å². The standard InChI is InChI=1S/C47H69ClN6O16Si/c1-27-13-12-14-34(65-8)47(63)21-33(68-45(62)52-47)28(2)43-46(4,70-43)35(20-39(58)54(6)31-18-30(17-27)19-32(64-7)42(31)48)69-44(61)29(3)53(5)40(59)24-51-37(56)22-49-36(55)23-50-38(57)25-66-26-41(60)67-15-16-71(9,10)11/h12-14,18-19,28-29,33-35,43,63H,15-17,20-26H2,1-11H3,(H,49,55)(H,50,57)(H,51,56)(H,52,62)/b14-12+,27-13+. The first-order valence-corrected chi connectivity index (χ1v) is 27.2. The lowest BCUT2D eigenvalue weighted by Gasteiger charge is -2.42. The second-order valence-electron chi connectivity index (χ2n) is 19.3. The van der Waals surface area contributed by atoms with E-state index in [1.165, 1.54) is 40.1 Å². The predicted octanol–water partition coefficient (Wildman–Crippen LogP) is 1.76. The van der Waals surface area contributed by atoms with E-state index in [1.54, 1.807) is 38.1 Å². The Morgan fingerprint density at radius 3 is 2.31 bits per heavy atom. The third-order valence-corrected chi connectivity index (χ3v) is 14.5. The average Bonchev–Trinajstić information content (AvgIpc) is 4.00. The summed E-state index contributed by atoms with van der Waals surface area (Å²) in [6.45, 7) is 10.8. The molecule has 6 amide bonds. The van der Waals surface area contributed by atoms with Crippen LogP contribution in [0.15, 0.2) is 35.9 Å². The van der Waals surface area contributed by atoms with Gasteiger partial charge in [0, 0.05) is 41.6 Å². The van der Waals surface area contributed by atoms with Gasteiger partial charge >= 0.3 is 18.0 Å². The Balaban J connectivity index is 1.41. The van der Waals surface area contributed by atoms with Gasteiger partial charge in [-0.2, -0.15) is 0 Å². The molecule has 0 aliphatic carbocycles. The lowest BCUT2D eigenvalue weighted by Crippen LogP contribution is -2.63. The number of carbonyl (C=O) groups excluding carboxylic acids is 8. The lowest BCUT2D eigenvalue weighted by atomic mass is 9.83. The fourth-order valence-electron chi connectivity index (χ4n) is 7.79. The smallest absolute Gasteiger partial charge is 0.409 e. The number of hydrogen-bond acceptors (Lipinski definition) is 16. The van der Waals surface area contributed by atoms with E-state index in [0.717, 1.165) is 22.1 Å². The van der Waals surface area contributed by atoms with Crippen molar-refractivity contribution in [3.05, 3.63) is 46.5 Å². The summed E-state index contributed by atoms with van der Waals surface area (Å²) in [5.74, 6) is -5.26. The topological polar surface area (TPSA) is 279 Å². The first-order valence-electron chi connectivity index (χ1n) is 23.1. The lowest BCUT2D eigenvalue weighted by molar-refractivity contribution is -0.161. The minimum atomic E-state index is -1.90. The van der Waals surface area contributed by atoms with Crippen molar-refractivity contribution in [2.75, 3.05) is 72.7 Å². The monoisotopic (exact) mass is 1040 g/mol. The molecule has 71 heavy (non-hydrogen) atoms. The second kappa shape index (κ2) is 25.2. The molecule has 0 aromatic heterocycles. The molecule has 4 bridgehead atoms. The van der Waals surface area contributed by atoms with E-state index in [4.69, 9.17) is 44.8 Å². The third-order valence-electron chi connectivity index (χ3n) is 12.4. The summed E-state index contributed by atoms with van der Waals surface area (Å²) in [6.07, 6.45) is 0.0697. The van der Waals surface area contributed by atoms with Crippen molar-refractivity contribution in [1.82, 2.24) is 26.2 Å². The minimum absolute atomic E-state index is 0.126. The molecule has 1 aromatic carbocycles. The summed E-state index contributed by atoms with van der Waals surface area (Å²) in [4.78, 5) is 105. The number of nitrogens with zero attached hydrogens (tertiary/aromatic N) is 2. The fourth-order valence-corrected chi connectivity index (χ4v) is 8.82. The van der Waals surface area contributed by atoms with Crippen LogP contribution in [0.3, 0.4) is 0 Å². The number of rotatable bonds is 18. The van der Waals surface area contributed by atoms with Crippen molar-refractivity contribution in [2.24, 2.45) is 5.92 Å². The number of anilines is 1. The number of methoxy groups -OCH3 is 2. The van der Waals surface area contributed by atoms with E-state index in [-0.39, 0.29) is 18.1 Å². The summed E-state index contributed by atoms with van der Waals surface area (Å²) >= 11 is 6.78. The molecular formula is C47H69ClN6O16Si. The molecule has 3 heterocycles. The number of esters is 2. The van der Waals surface area contributed by atoms with Crippen LogP contribution in [0.4, 0.5) is 10.5 Å². The Morgan fingerprint density at radius 2 is 1.68 bits per heavy atom. The van der Waals surface area contributed by atoms with Gasteiger partial charge in [0.1, 0.15) is 53.9 Å². The number of likely N-dealkylation sites (N-methyl/N-ethyl adjacent to an activating group) is 1. The molecule has 8 unspecified atom stereocenters. The SMILES string of the molecule is COc1cc2cc(c1Cl)N(C)C(=O)CC(OC(=O)C(C)N(C)C(=O)CNC(=O)CNC(=O)CNC(=O)COCC(=O)OCC[Si](C)(C)C)C1(C)OC1C(C)C1CC(O)(NC(=O)O1)C(OC)/C=C/C=C(\C)C2. The molecule has 22 nitrogen and oxygen atoms in total. The van der Waals surface area contributed by atoms with Crippen LogP contribution in [-0.2, 0) is 68.4 Å². The highest BCUT2D eigenvalue weighted by Gasteiger charge is 2.64. The van der Waals surface area contributed by atoms with E-state index >= 15 is 0 Å². The van der Waals surface area contributed by atoms with Gasteiger partial charge < -0.3 is 64.0 Å². The molecule has 8 atom stereocenters. The minimum Gasteiger partial charge on any atom is -0.495 e. The van der Waals surface area contributed by atoms with Gasteiger partial charge in [0.2, 0.25) is 29.5 Å². The van der Waals surface area contributed by atoms with Crippen molar-refractivity contribution < 1.29 is 76.6 Å². The average molecular weight is 1040 g/mol. The van der Waals surface area contributed by atoms with Crippen LogP contribution in [0, 0.1) is 5.92 Å². The number of amides is 6. The first kappa shape index (κ1) is 58.0. The third kappa shape index (κ3) is 16.5. The number of fused-ring (bicyclic) bond motifs is 5. The maximum absolute atomic E-state index is 14.3. The summed E-state index contributed by atoms with van der Waals surface area (Å²) in [5.41, 5.74) is -1.32. The highest BCUT2D eigenvalue weighted by molar-refractivity contribution is 6.76. The van der Waals surface area contributed by atoms with E-state index < -0.39 is 143 Å². The van der Waals surface area contributed by atoms with Crippen molar-refractivity contribution in [1.29, 1.82) is 0 Å².